The SMILES string of the molecule is CC(C)/C=N\Nc1nc2c(c(=O)n(C)c(=O)n2C)n1C. The summed E-state index contributed by atoms with van der Waals surface area (Å²) < 4.78 is 3.99. The van der Waals surface area contributed by atoms with Gasteiger partial charge in [0.2, 0.25) is 5.95 Å². The molecular formula is C12H18N6O2. The van der Waals surface area contributed by atoms with E-state index in [1.807, 2.05) is 13.8 Å². The molecule has 2 heterocycles. The van der Waals surface area contributed by atoms with E-state index in [2.05, 4.69) is 15.5 Å². The highest BCUT2D eigenvalue weighted by Gasteiger charge is 2.16. The molecule has 0 aliphatic rings. The van der Waals surface area contributed by atoms with E-state index in [1.54, 1.807) is 24.9 Å². The molecule has 0 fully saturated rings. The fourth-order valence-electron chi connectivity index (χ4n) is 1.86. The van der Waals surface area contributed by atoms with Crippen molar-refractivity contribution in [2.45, 2.75) is 13.8 Å². The Morgan fingerprint density at radius 3 is 2.40 bits per heavy atom. The highest BCUT2D eigenvalue weighted by atomic mass is 16.2. The van der Waals surface area contributed by atoms with Crippen LogP contribution in [0.25, 0.3) is 11.2 Å². The standard InChI is InChI=1S/C12H18N6O2/c1-7(2)6-13-15-11-14-9-8(16(11)3)10(19)18(5)12(20)17(9)4/h6-7H,1-5H3,(H,14,15)/b13-6-. The van der Waals surface area contributed by atoms with Gasteiger partial charge >= 0.3 is 5.69 Å². The van der Waals surface area contributed by atoms with Gasteiger partial charge in [0.1, 0.15) is 0 Å². The lowest BCUT2D eigenvalue weighted by Crippen LogP contribution is -2.37. The molecule has 0 bridgehead atoms. The number of imidazole rings is 1. The molecule has 1 N–H and O–H groups in total. The largest absolute Gasteiger partial charge is 0.332 e. The third-order valence-electron chi connectivity index (χ3n) is 3.01. The molecule has 8 nitrogen and oxygen atoms in total. The molecule has 8 heteroatoms. The molecule has 2 aromatic rings. The molecule has 0 radical (unpaired) electrons. The first kappa shape index (κ1) is 14.0. The van der Waals surface area contributed by atoms with Crippen LogP contribution in [0.4, 0.5) is 5.95 Å². The summed E-state index contributed by atoms with van der Waals surface area (Å²) in [6.07, 6.45) is 1.73. The number of anilines is 1. The molecule has 0 aliphatic carbocycles. The fourth-order valence-corrected chi connectivity index (χ4v) is 1.86. The maximum absolute atomic E-state index is 12.1. The Morgan fingerprint density at radius 2 is 1.80 bits per heavy atom. The lowest BCUT2D eigenvalue weighted by atomic mass is 10.3. The molecule has 20 heavy (non-hydrogen) atoms. The molecule has 0 amide bonds. The van der Waals surface area contributed by atoms with E-state index in [1.165, 1.54) is 11.6 Å². The van der Waals surface area contributed by atoms with Gasteiger partial charge in [-0.25, -0.2) is 10.2 Å². The van der Waals surface area contributed by atoms with Gasteiger partial charge in [-0.05, 0) is 5.92 Å². The number of nitrogens with zero attached hydrogens (tertiary/aromatic N) is 5. The predicted molar refractivity (Wildman–Crippen MR) is 78.1 cm³/mol. The minimum Gasteiger partial charge on any atom is -0.306 e. The Labute approximate surface area is 115 Å². The molecule has 0 saturated carbocycles. The van der Waals surface area contributed by atoms with Gasteiger partial charge in [-0.15, -0.1) is 0 Å². The smallest absolute Gasteiger partial charge is 0.306 e. The summed E-state index contributed by atoms with van der Waals surface area (Å²) in [4.78, 5) is 28.3. The zero-order chi connectivity index (χ0) is 15.0. The first-order chi connectivity index (χ1) is 9.34. The van der Waals surface area contributed by atoms with Gasteiger partial charge in [-0.2, -0.15) is 10.1 Å². The molecule has 2 aromatic heterocycles. The lowest BCUT2D eigenvalue weighted by molar-refractivity contribution is 0.705. The minimum atomic E-state index is -0.405. The highest BCUT2D eigenvalue weighted by molar-refractivity contribution is 5.74. The van der Waals surface area contributed by atoms with E-state index < -0.39 is 5.69 Å². The van der Waals surface area contributed by atoms with E-state index in [0.717, 1.165) is 4.57 Å². The summed E-state index contributed by atoms with van der Waals surface area (Å²) in [5.74, 6) is 0.713. The van der Waals surface area contributed by atoms with E-state index in [4.69, 9.17) is 0 Å². The predicted octanol–water partition coefficient (Wildman–Crippen LogP) is 0.0244. The quantitative estimate of drug-likeness (QED) is 0.633. The number of rotatable bonds is 3. The summed E-state index contributed by atoms with van der Waals surface area (Å²) in [6, 6.07) is 0. The molecule has 0 aromatic carbocycles. The summed E-state index contributed by atoms with van der Waals surface area (Å²) in [5.41, 5.74) is 2.70. The number of aromatic nitrogens is 4. The summed E-state index contributed by atoms with van der Waals surface area (Å²) in [6.45, 7) is 4.00. The van der Waals surface area contributed by atoms with Gasteiger partial charge in [0, 0.05) is 27.4 Å². The number of hydrogen-bond donors (Lipinski definition) is 1. The summed E-state index contributed by atoms with van der Waals surface area (Å²) in [5, 5.41) is 4.05. The van der Waals surface area contributed by atoms with Crippen LogP contribution in [0.15, 0.2) is 14.7 Å². The second-order valence-corrected chi connectivity index (χ2v) is 5.01. The third kappa shape index (κ3) is 2.13. The van der Waals surface area contributed by atoms with Crippen LogP contribution in [0, 0.1) is 5.92 Å². The lowest BCUT2D eigenvalue weighted by Gasteiger charge is -2.03. The van der Waals surface area contributed by atoms with Crippen molar-refractivity contribution in [3.8, 4) is 0 Å². The van der Waals surface area contributed by atoms with E-state index >= 15 is 0 Å². The molecule has 0 saturated heterocycles. The molecule has 2 rings (SSSR count). The number of hydrogen-bond acceptors (Lipinski definition) is 5. The number of nitrogens with one attached hydrogen (secondary N) is 1. The average molecular weight is 278 g/mol. The maximum atomic E-state index is 12.1. The van der Waals surface area contributed by atoms with Crippen LogP contribution in [-0.2, 0) is 21.1 Å². The number of hydrazone groups is 1. The second-order valence-electron chi connectivity index (χ2n) is 5.01. The molecule has 0 unspecified atom stereocenters. The molecule has 108 valence electrons. The van der Waals surface area contributed by atoms with Crippen LogP contribution in [0.2, 0.25) is 0 Å². The summed E-state index contributed by atoms with van der Waals surface area (Å²) >= 11 is 0. The Balaban J connectivity index is 2.65. The van der Waals surface area contributed by atoms with Crippen LogP contribution in [0.3, 0.4) is 0 Å². The van der Waals surface area contributed by atoms with Gasteiger partial charge in [0.25, 0.3) is 5.56 Å². The van der Waals surface area contributed by atoms with Crippen LogP contribution in [-0.4, -0.2) is 24.9 Å². The number of fused-ring (bicyclic) bond motifs is 1. The van der Waals surface area contributed by atoms with E-state index in [9.17, 15) is 9.59 Å². The van der Waals surface area contributed by atoms with Crippen molar-refractivity contribution in [1.82, 2.24) is 18.7 Å². The van der Waals surface area contributed by atoms with Crippen LogP contribution < -0.4 is 16.7 Å². The Morgan fingerprint density at radius 1 is 1.15 bits per heavy atom. The molecule has 0 atom stereocenters. The van der Waals surface area contributed by atoms with Crippen molar-refractivity contribution >= 4 is 23.3 Å². The normalized spacial score (nSPS) is 11.9. The van der Waals surface area contributed by atoms with Gasteiger partial charge in [-0.3, -0.25) is 13.9 Å². The van der Waals surface area contributed by atoms with E-state index in [-0.39, 0.29) is 5.56 Å². The van der Waals surface area contributed by atoms with Crippen LogP contribution >= 0.6 is 0 Å². The van der Waals surface area contributed by atoms with Gasteiger partial charge < -0.3 is 4.57 Å². The van der Waals surface area contributed by atoms with Crippen molar-refractivity contribution in [1.29, 1.82) is 0 Å². The Hall–Kier alpha value is -2.38. The second kappa shape index (κ2) is 4.95. The maximum Gasteiger partial charge on any atom is 0.332 e. The average Bonchev–Trinajstić information content (AvgIpc) is 2.71. The monoisotopic (exact) mass is 278 g/mol. The van der Waals surface area contributed by atoms with Gasteiger partial charge in [0.15, 0.2) is 11.2 Å². The van der Waals surface area contributed by atoms with Crippen molar-refractivity contribution in [2.24, 2.45) is 32.2 Å². The van der Waals surface area contributed by atoms with Crippen molar-refractivity contribution in [3.63, 3.8) is 0 Å². The zero-order valence-electron chi connectivity index (χ0n) is 12.2. The minimum absolute atomic E-state index is 0.300. The molecule has 0 spiro atoms. The molecule has 0 aliphatic heterocycles. The Bertz CT molecular complexity index is 793. The first-order valence-electron chi connectivity index (χ1n) is 6.26. The topological polar surface area (TPSA) is 86.2 Å². The fraction of sp³-hybridized carbons (Fsp3) is 0.500. The van der Waals surface area contributed by atoms with Crippen LogP contribution in [0.1, 0.15) is 13.8 Å². The summed E-state index contributed by atoms with van der Waals surface area (Å²) in [7, 11) is 4.73. The Kier molecular flexibility index (Phi) is 3.47. The zero-order valence-corrected chi connectivity index (χ0v) is 12.2. The van der Waals surface area contributed by atoms with Gasteiger partial charge in [-0.1, -0.05) is 13.8 Å². The van der Waals surface area contributed by atoms with Crippen molar-refractivity contribution in [2.75, 3.05) is 5.43 Å². The van der Waals surface area contributed by atoms with Crippen molar-refractivity contribution in [3.05, 3.63) is 20.8 Å². The van der Waals surface area contributed by atoms with Crippen LogP contribution in [0.5, 0.6) is 0 Å². The first-order valence-corrected chi connectivity index (χ1v) is 6.26. The van der Waals surface area contributed by atoms with E-state index in [0.29, 0.717) is 23.0 Å². The third-order valence-corrected chi connectivity index (χ3v) is 3.01. The number of aryl methyl sites for hydroxylation is 2. The highest BCUT2D eigenvalue weighted by Crippen LogP contribution is 2.12. The van der Waals surface area contributed by atoms with Gasteiger partial charge in [0.05, 0.1) is 0 Å². The van der Waals surface area contributed by atoms with Crippen molar-refractivity contribution < 1.29 is 0 Å². The molecular weight excluding hydrogens is 260 g/mol.